The molecule has 52 heavy (non-hydrogen) atoms. The Morgan fingerprint density at radius 3 is 0.904 bits per heavy atom. The number of rotatable bonds is 9. The molecule has 270 valence electrons. The lowest BCUT2D eigenvalue weighted by Crippen LogP contribution is -2.05. The maximum Gasteiger partial charge on any atom is 0.132 e. The minimum absolute atomic E-state index is 0.209. The molecule has 2 N–H and O–H groups in total. The van der Waals surface area contributed by atoms with Crippen molar-refractivity contribution in [3.05, 3.63) is 118 Å². The van der Waals surface area contributed by atoms with Gasteiger partial charge in [0.2, 0.25) is 0 Å². The molecule has 0 bridgehead atoms. The molecule has 0 atom stereocenters. The summed E-state index contributed by atoms with van der Waals surface area (Å²) >= 11 is 0. The van der Waals surface area contributed by atoms with E-state index in [0.29, 0.717) is 23.0 Å². The Hall–Kier alpha value is -4.56. The van der Waals surface area contributed by atoms with Crippen LogP contribution in [-0.2, 0) is 0 Å². The molecule has 0 amide bonds. The number of phenols is 2. The molecule has 0 unspecified atom stereocenters. The monoisotopic (exact) mass is 690 g/mol. The lowest BCUT2D eigenvalue weighted by Gasteiger charge is -2.26. The van der Waals surface area contributed by atoms with Crippen molar-refractivity contribution in [2.24, 2.45) is 0 Å². The summed E-state index contributed by atoms with van der Waals surface area (Å²) in [4.78, 5) is 0. The molecule has 6 rings (SSSR count). The van der Waals surface area contributed by atoms with E-state index in [9.17, 15) is 10.2 Å². The van der Waals surface area contributed by atoms with E-state index in [0.717, 1.165) is 43.8 Å². The van der Waals surface area contributed by atoms with Crippen LogP contribution in [0.15, 0.2) is 84.9 Å². The predicted molar refractivity (Wildman–Crippen MR) is 226 cm³/mol. The molecule has 0 radical (unpaired) electrons. The van der Waals surface area contributed by atoms with Crippen LogP contribution in [0.1, 0.15) is 152 Å². The molecule has 0 aliphatic heterocycles. The Morgan fingerprint density at radius 1 is 0.346 bits per heavy atom. The van der Waals surface area contributed by atoms with Gasteiger partial charge in [-0.25, -0.2) is 0 Å². The van der Waals surface area contributed by atoms with Crippen molar-refractivity contribution < 1.29 is 10.2 Å². The number of hydrogen-bond acceptors (Lipinski definition) is 2. The van der Waals surface area contributed by atoms with Crippen molar-refractivity contribution in [2.75, 3.05) is 0 Å². The second-order valence-electron chi connectivity index (χ2n) is 16.8. The molecule has 2 heteroatoms. The van der Waals surface area contributed by atoms with Gasteiger partial charge in [0, 0.05) is 22.3 Å². The minimum atomic E-state index is 0.209. The van der Waals surface area contributed by atoms with E-state index in [4.69, 9.17) is 0 Å². The highest BCUT2D eigenvalue weighted by molar-refractivity contribution is 6.14. The molecule has 0 aliphatic carbocycles. The highest BCUT2D eigenvalue weighted by atomic mass is 16.3. The summed E-state index contributed by atoms with van der Waals surface area (Å²) in [6.45, 7) is 27.0. The first-order chi connectivity index (χ1) is 24.6. The zero-order valence-corrected chi connectivity index (χ0v) is 33.4. The predicted octanol–water partition coefficient (Wildman–Crippen LogP) is 15.1. The maximum atomic E-state index is 12.9. The fourth-order valence-electron chi connectivity index (χ4n) is 8.09. The smallest absolute Gasteiger partial charge is 0.132 e. The standard InChI is InChI=1S/C50H58O2/c1-27(2)35-23-39(29(5)6)45(40(24-35)30(7)8)43-21-33-17-13-15-19-37(33)47(49(43)51)48-38-20-16-14-18-34(38)22-44(50(48)52)46-41(31(9)10)25-36(28(3)4)26-42(46)32(11)12/h13-32,51-52H,1-12H3. The van der Waals surface area contributed by atoms with Crippen LogP contribution in [0.25, 0.3) is 54.9 Å². The van der Waals surface area contributed by atoms with E-state index in [2.05, 4.69) is 156 Å². The average molecular weight is 691 g/mol. The Kier molecular flexibility index (Phi) is 10.3. The summed E-state index contributed by atoms with van der Waals surface area (Å²) in [5.74, 6) is 2.17. The van der Waals surface area contributed by atoms with Gasteiger partial charge in [0.05, 0.1) is 0 Å². The Morgan fingerprint density at radius 2 is 0.635 bits per heavy atom. The molecule has 0 saturated heterocycles. The van der Waals surface area contributed by atoms with Gasteiger partial charge >= 0.3 is 0 Å². The summed E-state index contributed by atoms with van der Waals surface area (Å²) < 4.78 is 0. The van der Waals surface area contributed by atoms with Crippen LogP contribution < -0.4 is 0 Å². The molecule has 0 aliphatic rings. The van der Waals surface area contributed by atoms with Crippen molar-refractivity contribution in [1.82, 2.24) is 0 Å². The quantitative estimate of drug-likeness (QED) is 0.159. The maximum absolute atomic E-state index is 12.9. The summed E-state index contributed by atoms with van der Waals surface area (Å²) in [5, 5.41) is 29.7. The van der Waals surface area contributed by atoms with E-state index < -0.39 is 0 Å². The lowest BCUT2D eigenvalue weighted by atomic mass is 9.78. The van der Waals surface area contributed by atoms with Gasteiger partial charge in [-0.05, 0) is 114 Å². The van der Waals surface area contributed by atoms with Crippen LogP contribution in [-0.4, -0.2) is 10.2 Å². The summed E-state index contributed by atoms with van der Waals surface area (Å²) in [6.07, 6.45) is 0. The van der Waals surface area contributed by atoms with Gasteiger partial charge in [-0.15, -0.1) is 0 Å². The first-order valence-corrected chi connectivity index (χ1v) is 19.5. The third kappa shape index (κ3) is 6.51. The molecule has 2 nitrogen and oxygen atoms in total. The van der Waals surface area contributed by atoms with Gasteiger partial charge in [0.25, 0.3) is 0 Å². The van der Waals surface area contributed by atoms with Crippen molar-refractivity contribution >= 4 is 21.5 Å². The summed E-state index contributed by atoms with van der Waals surface area (Å²) in [6, 6.07) is 30.3. The molecule has 0 saturated carbocycles. The first kappa shape index (κ1) is 37.2. The first-order valence-electron chi connectivity index (χ1n) is 19.5. The Bertz CT molecular complexity index is 2060. The minimum Gasteiger partial charge on any atom is -0.507 e. The van der Waals surface area contributed by atoms with E-state index in [1.807, 2.05) is 12.1 Å². The second-order valence-corrected chi connectivity index (χ2v) is 16.8. The van der Waals surface area contributed by atoms with Crippen molar-refractivity contribution in [3.8, 4) is 44.9 Å². The van der Waals surface area contributed by atoms with Gasteiger partial charge < -0.3 is 10.2 Å². The lowest BCUT2D eigenvalue weighted by molar-refractivity contribution is 0.472. The van der Waals surface area contributed by atoms with E-state index in [1.54, 1.807) is 0 Å². The SMILES string of the molecule is CC(C)c1cc(C(C)C)c(-c2cc3ccccc3c(-c3c(O)c(-c4c(C(C)C)cc(C(C)C)cc4C(C)C)cc4ccccc34)c2O)c(C(C)C)c1. The Labute approximate surface area is 312 Å². The third-order valence-electron chi connectivity index (χ3n) is 11.1. The number of aromatic hydroxyl groups is 2. The van der Waals surface area contributed by atoms with Crippen LogP contribution in [0, 0.1) is 0 Å². The average Bonchev–Trinajstić information content (AvgIpc) is 3.10. The van der Waals surface area contributed by atoms with Crippen LogP contribution in [0.3, 0.4) is 0 Å². The summed E-state index contributed by atoms with van der Waals surface area (Å²) in [7, 11) is 0. The molecular weight excluding hydrogens is 633 g/mol. The third-order valence-corrected chi connectivity index (χ3v) is 11.1. The molecular formula is C50H58O2. The topological polar surface area (TPSA) is 40.5 Å². The number of phenolic OH excluding ortho intramolecular Hbond substituents is 2. The van der Waals surface area contributed by atoms with Crippen LogP contribution >= 0.6 is 0 Å². The van der Waals surface area contributed by atoms with Gasteiger partial charge in [0.15, 0.2) is 0 Å². The number of hydrogen-bond donors (Lipinski definition) is 2. The van der Waals surface area contributed by atoms with Crippen LogP contribution in [0.4, 0.5) is 0 Å². The van der Waals surface area contributed by atoms with Crippen molar-refractivity contribution in [2.45, 2.75) is 119 Å². The molecule has 0 heterocycles. The second kappa shape index (κ2) is 14.5. The van der Waals surface area contributed by atoms with E-state index in [-0.39, 0.29) is 35.2 Å². The van der Waals surface area contributed by atoms with Crippen molar-refractivity contribution in [3.63, 3.8) is 0 Å². The van der Waals surface area contributed by atoms with E-state index >= 15 is 0 Å². The molecule has 6 aromatic rings. The largest absolute Gasteiger partial charge is 0.507 e. The molecule has 0 spiro atoms. The number of benzene rings is 6. The summed E-state index contributed by atoms with van der Waals surface area (Å²) in [5.41, 5.74) is 12.8. The van der Waals surface area contributed by atoms with Gasteiger partial charge in [0.1, 0.15) is 11.5 Å². The zero-order valence-electron chi connectivity index (χ0n) is 33.4. The fourth-order valence-corrected chi connectivity index (χ4v) is 8.09. The highest BCUT2D eigenvalue weighted by Gasteiger charge is 2.28. The normalized spacial score (nSPS) is 12.3. The highest BCUT2D eigenvalue weighted by Crippen LogP contribution is 2.54. The fraction of sp³-hybridized carbons (Fsp3) is 0.360. The molecule has 0 fully saturated rings. The zero-order chi connectivity index (χ0) is 37.8. The molecule has 0 aromatic heterocycles. The van der Waals surface area contributed by atoms with Crippen LogP contribution in [0.5, 0.6) is 11.5 Å². The number of fused-ring (bicyclic) bond motifs is 2. The Balaban J connectivity index is 1.81. The van der Waals surface area contributed by atoms with E-state index in [1.165, 1.54) is 33.4 Å². The van der Waals surface area contributed by atoms with Gasteiger partial charge in [-0.2, -0.15) is 0 Å². The molecule has 6 aromatic carbocycles. The van der Waals surface area contributed by atoms with Crippen LogP contribution in [0.2, 0.25) is 0 Å². The van der Waals surface area contributed by atoms with Gasteiger partial charge in [-0.3, -0.25) is 0 Å². The van der Waals surface area contributed by atoms with Crippen molar-refractivity contribution in [1.29, 1.82) is 0 Å². The van der Waals surface area contributed by atoms with Gasteiger partial charge in [-0.1, -0.05) is 156 Å².